The van der Waals surface area contributed by atoms with Crippen molar-refractivity contribution in [1.29, 1.82) is 0 Å². The highest BCUT2D eigenvalue weighted by atomic mass is 35.5. The molecule has 2 N–H and O–H groups in total. The van der Waals surface area contributed by atoms with Gasteiger partial charge in [0, 0.05) is 17.3 Å². The van der Waals surface area contributed by atoms with Crippen LogP contribution in [0.3, 0.4) is 0 Å². The van der Waals surface area contributed by atoms with E-state index in [9.17, 15) is 0 Å². The average Bonchev–Trinajstić information content (AvgIpc) is 2.55. The van der Waals surface area contributed by atoms with Gasteiger partial charge in [0.15, 0.2) is 5.82 Å². The van der Waals surface area contributed by atoms with Crippen LogP contribution in [0.4, 0.5) is 17.5 Å². The van der Waals surface area contributed by atoms with Crippen molar-refractivity contribution in [1.82, 2.24) is 15.2 Å². The quantitative estimate of drug-likeness (QED) is 0.736. The molecule has 0 aliphatic heterocycles. The lowest BCUT2D eigenvalue weighted by molar-refractivity contribution is 0.966. The topological polar surface area (TPSA) is 62.7 Å². The second-order valence-electron chi connectivity index (χ2n) is 5.14. The first-order valence-electron chi connectivity index (χ1n) is 7.21. The zero-order valence-electron chi connectivity index (χ0n) is 12.6. The molecule has 0 amide bonds. The van der Waals surface area contributed by atoms with Crippen molar-refractivity contribution in [3.8, 4) is 0 Å². The van der Waals surface area contributed by atoms with Gasteiger partial charge in [0.25, 0.3) is 0 Å². The Morgan fingerprint density at radius 2 is 1.91 bits per heavy atom. The summed E-state index contributed by atoms with van der Waals surface area (Å²) in [6.45, 7) is 2.67. The highest BCUT2D eigenvalue weighted by Crippen LogP contribution is 2.15. The largest absolute Gasteiger partial charge is 0.365 e. The van der Waals surface area contributed by atoms with Gasteiger partial charge in [0.05, 0.1) is 6.20 Å². The van der Waals surface area contributed by atoms with Crippen molar-refractivity contribution >= 4 is 29.1 Å². The molecule has 0 unspecified atom stereocenters. The van der Waals surface area contributed by atoms with Crippen molar-refractivity contribution in [3.05, 3.63) is 70.9 Å². The molecular formula is C17H16ClN5. The highest BCUT2D eigenvalue weighted by molar-refractivity contribution is 6.30. The third-order valence-corrected chi connectivity index (χ3v) is 3.47. The van der Waals surface area contributed by atoms with Gasteiger partial charge in [-0.3, -0.25) is 0 Å². The molecule has 0 saturated carbocycles. The first kappa shape index (κ1) is 15.2. The van der Waals surface area contributed by atoms with E-state index in [1.165, 1.54) is 5.56 Å². The summed E-state index contributed by atoms with van der Waals surface area (Å²) >= 11 is 5.88. The minimum absolute atomic E-state index is 0.455. The molecule has 6 heteroatoms. The molecule has 3 aromatic rings. The summed E-state index contributed by atoms with van der Waals surface area (Å²) in [4.78, 5) is 4.41. The number of halogens is 1. The van der Waals surface area contributed by atoms with Gasteiger partial charge in [-0.15, -0.1) is 5.10 Å². The fraction of sp³-hybridized carbons (Fsp3) is 0.118. The Morgan fingerprint density at radius 3 is 2.70 bits per heavy atom. The Bertz CT molecular complexity index is 789. The van der Waals surface area contributed by atoms with Crippen LogP contribution in [0.1, 0.15) is 11.1 Å². The fourth-order valence-corrected chi connectivity index (χ4v) is 2.21. The Hall–Kier alpha value is -2.66. The zero-order chi connectivity index (χ0) is 16.1. The molecule has 1 aromatic heterocycles. The second kappa shape index (κ2) is 7.07. The van der Waals surface area contributed by atoms with E-state index in [0.29, 0.717) is 18.3 Å². The maximum Gasteiger partial charge on any atom is 0.249 e. The average molecular weight is 326 g/mol. The molecule has 23 heavy (non-hydrogen) atoms. The lowest BCUT2D eigenvalue weighted by Crippen LogP contribution is -2.05. The van der Waals surface area contributed by atoms with E-state index in [0.717, 1.165) is 16.3 Å². The van der Waals surface area contributed by atoms with E-state index in [2.05, 4.69) is 25.8 Å². The Labute approximate surface area is 139 Å². The summed E-state index contributed by atoms with van der Waals surface area (Å²) in [6, 6.07) is 15.7. The standard InChI is InChI=1S/C17H16ClN5/c1-12-3-2-4-15(9-12)21-17-22-16(11-20-23-17)19-10-13-5-7-14(18)8-6-13/h2-9,11H,10H2,1H3,(H2,19,21,22,23). The van der Waals surface area contributed by atoms with Crippen molar-refractivity contribution in [2.24, 2.45) is 0 Å². The van der Waals surface area contributed by atoms with Crippen molar-refractivity contribution in [2.45, 2.75) is 13.5 Å². The van der Waals surface area contributed by atoms with Crippen LogP contribution in [0.2, 0.25) is 5.02 Å². The molecule has 0 spiro atoms. The van der Waals surface area contributed by atoms with Crippen LogP contribution in [0.5, 0.6) is 0 Å². The summed E-state index contributed by atoms with van der Waals surface area (Å²) in [5.74, 6) is 1.11. The van der Waals surface area contributed by atoms with E-state index < -0.39 is 0 Å². The zero-order valence-corrected chi connectivity index (χ0v) is 13.4. The molecule has 1 heterocycles. The summed E-state index contributed by atoms with van der Waals surface area (Å²) in [5, 5.41) is 15.1. The van der Waals surface area contributed by atoms with Gasteiger partial charge < -0.3 is 10.6 Å². The SMILES string of the molecule is Cc1cccc(Nc2nncc(NCc3ccc(Cl)cc3)n2)c1. The number of nitrogens with one attached hydrogen (secondary N) is 2. The van der Waals surface area contributed by atoms with Crippen molar-refractivity contribution < 1.29 is 0 Å². The Kier molecular flexibility index (Phi) is 4.68. The number of aromatic nitrogens is 3. The van der Waals surface area contributed by atoms with Crippen molar-refractivity contribution in [2.75, 3.05) is 10.6 Å². The molecule has 0 aliphatic carbocycles. The van der Waals surface area contributed by atoms with E-state index in [1.54, 1.807) is 6.20 Å². The minimum Gasteiger partial charge on any atom is -0.365 e. The smallest absolute Gasteiger partial charge is 0.249 e. The van der Waals surface area contributed by atoms with Gasteiger partial charge in [-0.25, -0.2) is 0 Å². The summed E-state index contributed by atoms with van der Waals surface area (Å²) in [6.07, 6.45) is 1.59. The number of hydrogen-bond acceptors (Lipinski definition) is 5. The maximum atomic E-state index is 5.88. The lowest BCUT2D eigenvalue weighted by atomic mass is 10.2. The molecule has 0 bridgehead atoms. The van der Waals surface area contributed by atoms with E-state index >= 15 is 0 Å². The highest BCUT2D eigenvalue weighted by Gasteiger charge is 2.02. The number of hydrogen-bond donors (Lipinski definition) is 2. The van der Waals surface area contributed by atoms with Crippen LogP contribution in [0.15, 0.2) is 54.7 Å². The molecule has 0 saturated heterocycles. The Morgan fingerprint density at radius 1 is 1.09 bits per heavy atom. The van der Waals surface area contributed by atoms with Gasteiger partial charge >= 0.3 is 0 Å². The predicted octanol–water partition coefficient (Wildman–Crippen LogP) is 4.19. The van der Waals surface area contributed by atoms with E-state index in [4.69, 9.17) is 11.6 Å². The summed E-state index contributed by atoms with van der Waals surface area (Å²) < 4.78 is 0. The molecule has 0 radical (unpaired) electrons. The molecule has 3 rings (SSSR count). The number of nitrogens with zero attached hydrogens (tertiary/aromatic N) is 3. The molecule has 0 fully saturated rings. The molecular weight excluding hydrogens is 310 g/mol. The van der Waals surface area contributed by atoms with E-state index in [-0.39, 0.29) is 0 Å². The van der Waals surface area contributed by atoms with Gasteiger partial charge in [0.2, 0.25) is 5.95 Å². The fourth-order valence-electron chi connectivity index (χ4n) is 2.09. The van der Waals surface area contributed by atoms with Crippen LogP contribution in [0, 0.1) is 6.92 Å². The first-order valence-corrected chi connectivity index (χ1v) is 7.58. The molecule has 0 atom stereocenters. The monoisotopic (exact) mass is 325 g/mol. The number of rotatable bonds is 5. The number of anilines is 3. The number of benzene rings is 2. The summed E-state index contributed by atoms with van der Waals surface area (Å²) in [7, 11) is 0. The van der Waals surface area contributed by atoms with E-state index in [1.807, 2.05) is 55.5 Å². The summed E-state index contributed by atoms with van der Waals surface area (Å²) in [5.41, 5.74) is 3.21. The molecule has 2 aromatic carbocycles. The first-order chi connectivity index (χ1) is 11.2. The third kappa shape index (κ3) is 4.40. The van der Waals surface area contributed by atoms with Crippen LogP contribution in [-0.4, -0.2) is 15.2 Å². The second-order valence-corrected chi connectivity index (χ2v) is 5.58. The van der Waals surface area contributed by atoms with Gasteiger partial charge in [-0.2, -0.15) is 10.1 Å². The lowest BCUT2D eigenvalue weighted by Gasteiger charge is -2.08. The molecule has 5 nitrogen and oxygen atoms in total. The normalized spacial score (nSPS) is 10.3. The van der Waals surface area contributed by atoms with Crippen LogP contribution < -0.4 is 10.6 Å². The van der Waals surface area contributed by atoms with Gasteiger partial charge in [-0.1, -0.05) is 35.9 Å². The van der Waals surface area contributed by atoms with Crippen molar-refractivity contribution in [3.63, 3.8) is 0 Å². The maximum absolute atomic E-state index is 5.88. The van der Waals surface area contributed by atoms with Crippen LogP contribution in [0.25, 0.3) is 0 Å². The number of aryl methyl sites for hydroxylation is 1. The van der Waals surface area contributed by atoms with Gasteiger partial charge in [-0.05, 0) is 42.3 Å². The molecule has 0 aliphatic rings. The third-order valence-electron chi connectivity index (χ3n) is 3.22. The van der Waals surface area contributed by atoms with Crippen LogP contribution >= 0.6 is 11.6 Å². The predicted molar refractivity (Wildman–Crippen MR) is 93.1 cm³/mol. The van der Waals surface area contributed by atoms with Gasteiger partial charge in [0.1, 0.15) is 0 Å². The molecule has 116 valence electrons. The minimum atomic E-state index is 0.455. The Balaban J connectivity index is 1.66. The van der Waals surface area contributed by atoms with Crippen LogP contribution in [-0.2, 0) is 6.54 Å².